The van der Waals surface area contributed by atoms with Crippen molar-refractivity contribution in [3.8, 4) is 0 Å². The van der Waals surface area contributed by atoms with Gasteiger partial charge in [-0.05, 0) is 45.2 Å². The molecule has 1 saturated heterocycles. The molecule has 3 heterocycles. The van der Waals surface area contributed by atoms with E-state index in [1.165, 1.54) is 0 Å². The number of aryl methyl sites for hydroxylation is 1. The summed E-state index contributed by atoms with van der Waals surface area (Å²) in [6.45, 7) is 7.42. The van der Waals surface area contributed by atoms with Crippen LogP contribution in [0.1, 0.15) is 38.9 Å². The molecular weight excluding hydrogens is 483 g/mol. The van der Waals surface area contributed by atoms with Gasteiger partial charge in [0.1, 0.15) is 5.82 Å². The molecule has 2 aromatic rings. The number of nitrogens with zero attached hydrogens (tertiary/aromatic N) is 5. The average Bonchev–Trinajstić information content (AvgIpc) is 3.14. The van der Waals surface area contributed by atoms with Crippen molar-refractivity contribution in [2.24, 2.45) is 10.9 Å². The van der Waals surface area contributed by atoms with Gasteiger partial charge in [0.25, 0.3) is 0 Å². The maximum Gasteiger partial charge on any atom is 0.310 e. The van der Waals surface area contributed by atoms with E-state index in [4.69, 9.17) is 9.73 Å². The SMILES string of the molecule is CCNC(=NCCCc1nnc2ccccn12)N1CCCC(C(=O)OCC)C1.I. The third kappa shape index (κ3) is 6.28. The zero-order chi connectivity index (χ0) is 19.8. The standard InChI is InChI=1S/C20H30N6O2.HI/c1-3-21-20(25-13-8-9-16(15-25)19(27)28-4-2)22-12-7-11-18-24-23-17-10-5-6-14-26(17)18;/h5-6,10,14,16H,3-4,7-9,11-13,15H2,1-2H3,(H,21,22);1H. The minimum atomic E-state index is -0.0956. The smallest absolute Gasteiger partial charge is 0.310 e. The number of rotatable bonds is 7. The van der Waals surface area contributed by atoms with Crippen LogP contribution >= 0.6 is 24.0 Å². The van der Waals surface area contributed by atoms with E-state index in [-0.39, 0.29) is 35.9 Å². The van der Waals surface area contributed by atoms with E-state index in [0.29, 0.717) is 19.7 Å². The Morgan fingerprint density at radius 2 is 2.21 bits per heavy atom. The van der Waals surface area contributed by atoms with Crippen LogP contribution in [0.4, 0.5) is 0 Å². The Labute approximate surface area is 189 Å². The Hall–Kier alpha value is -1.91. The summed E-state index contributed by atoms with van der Waals surface area (Å²) < 4.78 is 7.22. The van der Waals surface area contributed by atoms with Crippen LogP contribution in [0.3, 0.4) is 0 Å². The fourth-order valence-electron chi connectivity index (χ4n) is 3.53. The number of hydrogen-bond acceptors (Lipinski definition) is 5. The average molecular weight is 514 g/mol. The van der Waals surface area contributed by atoms with Crippen molar-refractivity contribution in [2.75, 3.05) is 32.8 Å². The zero-order valence-corrected chi connectivity index (χ0v) is 19.5. The molecule has 0 spiro atoms. The van der Waals surface area contributed by atoms with Crippen molar-refractivity contribution < 1.29 is 9.53 Å². The number of carbonyl (C=O) groups excluding carboxylic acids is 1. The van der Waals surface area contributed by atoms with Gasteiger partial charge in [-0.1, -0.05) is 6.07 Å². The number of esters is 1. The largest absolute Gasteiger partial charge is 0.466 e. The Morgan fingerprint density at radius 1 is 1.34 bits per heavy atom. The molecule has 0 amide bonds. The Kier molecular flexibility index (Phi) is 9.62. The number of likely N-dealkylation sites (tertiary alicyclic amines) is 1. The molecule has 1 aliphatic heterocycles. The highest BCUT2D eigenvalue weighted by atomic mass is 127. The van der Waals surface area contributed by atoms with E-state index in [0.717, 1.165) is 56.2 Å². The van der Waals surface area contributed by atoms with Crippen LogP contribution in [-0.2, 0) is 16.0 Å². The topological polar surface area (TPSA) is 84.1 Å². The molecule has 29 heavy (non-hydrogen) atoms. The molecule has 1 aliphatic rings. The normalized spacial score (nSPS) is 17.1. The van der Waals surface area contributed by atoms with Crippen molar-refractivity contribution >= 4 is 41.6 Å². The first-order valence-electron chi connectivity index (χ1n) is 10.2. The molecule has 0 aliphatic carbocycles. The molecule has 160 valence electrons. The first kappa shape index (κ1) is 23.4. The fourth-order valence-corrected chi connectivity index (χ4v) is 3.53. The Bertz CT molecular complexity index is 809. The van der Waals surface area contributed by atoms with Gasteiger partial charge in [-0.3, -0.25) is 14.2 Å². The minimum absolute atomic E-state index is 0. The first-order valence-corrected chi connectivity index (χ1v) is 10.2. The lowest BCUT2D eigenvalue weighted by Gasteiger charge is -2.34. The molecule has 1 fully saturated rings. The summed E-state index contributed by atoms with van der Waals surface area (Å²) in [6.07, 6.45) is 5.55. The maximum absolute atomic E-state index is 12.1. The number of fused-ring (bicyclic) bond motifs is 1. The van der Waals surface area contributed by atoms with Gasteiger partial charge in [0.15, 0.2) is 11.6 Å². The summed E-state index contributed by atoms with van der Waals surface area (Å²) in [7, 11) is 0. The first-order chi connectivity index (χ1) is 13.7. The third-order valence-electron chi connectivity index (χ3n) is 4.88. The van der Waals surface area contributed by atoms with Gasteiger partial charge in [0, 0.05) is 38.8 Å². The predicted molar refractivity (Wildman–Crippen MR) is 124 cm³/mol. The molecule has 1 N–H and O–H groups in total. The van der Waals surface area contributed by atoms with Gasteiger partial charge >= 0.3 is 5.97 Å². The van der Waals surface area contributed by atoms with Crippen LogP contribution < -0.4 is 5.32 Å². The number of piperidine rings is 1. The maximum atomic E-state index is 12.1. The van der Waals surface area contributed by atoms with Gasteiger partial charge in [0.2, 0.25) is 0 Å². The molecule has 1 unspecified atom stereocenters. The van der Waals surface area contributed by atoms with Gasteiger partial charge in [-0.15, -0.1) is 34.2 Å². The summed E-state index contributed by atoms with van der Waals surface area (Å²) in [5, 5.41) is 11.8. The highest BCUT2D eigenvalue weighted by molar-refractivity contribution is 14.0. The lowest BCUT2D eigenvalue weighted by molar-refractivity contribution is -0.149. The number of nitrogens with one attached hydrogen (secondary N) is 1. The quantitative estimate of drug-likeness (QED) is 0.201. The van der Waals surface area contributed by atoms with Gasteiger partial charge in [-0.25, -0.2) is 0 Å². The number of aromatic nitrogens is 3. The number of aliphatic imine (C=N–C) groups is 1. The van der Waals surface area contributed by atoms with E-state index >= 15 is 0 Å². The van der Waals surface area contributed by atoms with E-state index in [2.05, 4.69) is 27.3 Å². The second-order valence-corrected chi connectivity index (χ2v) is 6.92. The number of guanidine groups is 1. The number of carbonyl (C=O) groups is 1. The van der Waals surface area contributed by atoms with Crippen molar-refractivity contribution in [1.29, 1.82) is 0 Å². The Morgan fingerprint density at radius 3 is 3.00 bits per heavy atom. The second-order valence-electron chi connectivity index (χ2n) is 6.92. The van der Waals surface area contributed by atoms with E-state index in [1.807, 2.05) is 35.7 Å². The zero-order valence-electron chi connectivity index (χ0n) is 17.2. The van der Waals surface area contributed by atoms with E-state index in [9.17, 15) is 4.79 Å². The summed E-state index contributed by atoms with van der Waals surface area (Å²) in [5.74, 6) is 1.67. The van der Waals surface area contributed by atoms with Crippen LogP contribution in [0.25, 0.3) is 5.65 Å². The summed E-state index contributed by atoms with van der Waals surface area (Å²) in [5.41, 5.74) is 0.868. The molecule has 0 bridgehead atoms. The molecule has 8 nitrogen and oxygen atoms in total. The van der Waals surface area contributed by atoms with Gasteiger partial charge in [-0.2, -0.15) is 0 Å². The van der Waals surface area contributed by atoms with Crippen molar-refractivity contribution in [1.82, 2.24) is 24.8 Å². The molecular formula is C20H31IN6O2. The van der Waals surface area contributed by atoms with Crippen molar-refractivity contribution in [3.63, 3.8) is 0 Å². The second kappa shape index (κ2) is 11.9. The molecule has 2 aromatic heterocycles. The van der Waals surface area contributed by atoms with Crippen molar-refractivity contribution in [3.05, 3.63) is 30.2 Å². The number of halogens is 1. The molecule has 3 rings (SSSR count). The highest BCUT2D eigenvalue weighted by Crippen LogP contribution is 2.18. The van der Waals surface area contributed by atoms with E-state index in [1.54, 1.807) is 0 Å². The lowest BCUT2D eigenvalue weighted by atomic mass is 9.98. The van der Waals surface area contributed by atoms with E-state index < -0.39 is 0 Å². The molecule has 1 atom stereocenters. The number of hydrogen-bond donors (Lipinski definition) is 1. The lowest BCUT2D eigenvalue weighted by Crippen LogP contribution is -2.48. The monoisotopic (exact) mass is 514 g/mol. The van der Waals surface area contributed by atoms with Gasteiger partial charge in [0.05, 0.1) is 12.5 Å². The Balaban J connectivity index is 0.00000300. The van der Waals surface area contributed by atoms with Crippen LogP contribution in [0.5, 0.6) is 0 Å². The van der Waals surface area contributed by atoms with Crippen LogP contribution in [0, 0.1) is 5.92 Å². The van der Waals surface area contributed by atoms with Crippen molar-refractivity contribution in [2.45, 2.75) is 39.5 Å². The fraction of sp³-hybridized carbons (Fsp3) is 0.600. The summed E-state index contributed by atoms with van der Waals surface area (Å²) in [6, 6.07) is 5.90. The molecule has 0 saturated carbocycles. The summed E-state index contributed by atoms with van der Waals surface area (Å²) in [4.78, 5) is 19.1. The van der Waals surface area contributed by atoms with Gasteiger partial charge < -0.3 is 15.0 Å². The highest BCUT2D eigenvalue weighted by Gasteiger charge is 2.28. The minimum Gasteiger partial charge on any atom is -0.466 e. The van der Waals surface area contributed by atoms with Crippen LogP contribution in [-0.4, -0.2) is 64.2 Å². The molecule has 0 radical (unpaired) electrons. The van der Waals surface area contributed by atoms with Crippen LogP contribution in [0.15, 0.2) is 29.4 Å². The summed E-state index contributed by atoms with van der Waals surface area (Å²) >= 11 is 0. The molecule has 9 heteroatoms. The van der Waals surface area contributed by atoms with Crippen LogP contribution in [0.2, 0.25) is 0 Å². The predicted octanol–water partition coefficient (Wildman–Crippen LogP) is 2.52. The number of ether oxygens (including phenoxy) is 1. The third-order valence-corrected chi connectivity index (χ3v) is 4.88. The number of pyridine rings is 1. The molecule has 0 aromatic carbocycles.